The Kier molecular flexibility index (Phi) is 7.73. The number of amides is 1. The van der Waals surface area contributed by atoms with Crippen molar-refractivity contribution >= 4 is 32.6 Å². The van der Waals surface area contributed by atoms with E-state index in [1.54, 1.807) is 11.3 Å². The van der Waals surface area contributed by atoms with Crippen LogP contribution in [0.1, 0.15) is 24.0 Å². The van der Waals surface area contributed by atoms with E-state index in [-0.39, 0.29) is 5.91 Å². The summed E-state index contributed by atoms with van der Waals surface area (Å²) in [6.07, 6.45) is 1.22. The van der Waals surface area contributed by atoms with Crippen molar-refractivity contribution in [2.24, 2.45) is 0 Å². The van der Waals surface area contributed by atoms with Gasteiger partial charge in [-0.1, -0.05) is 35.6 Å². The minimum absolute atomic E-state index is 0.0522. The zero-order valence-corrected chi connectivity index (χ0v) is 19.7. The van der Waals surface area contributed by atoms with Crippen LogP contribution in [-0.2, 0) is 9.53 Å². The monoisotopic (exact) mass is 453 g/mol. The fraction of sp³-hybridized carbons (Fsp3) is 0.440. The predicted molar refractivity (Wildman–Crippen MR) is 130 cm³/mol. The first-order chi connectivity index (χ1) is 15.6. The molecule has 0 atom stereocenters. The van der Waals surface area contributed by atoms with Crippen molar-refractivity contribution in [2.45, 2.75) is 26.7 Å². The quantitative estimate of drug-likeness (QED) is 0.480. The van der Waals surface area contributed by atoms with Crippen molar-refractivity contribution in [2.75, 3.05) is 50.9 Å². The molecule has 1 saturated heterocycles. The molecule has 32 heavy (non-hydrogen) atoms. The summed E-state index contributed by atoms with van der Waals surface area (Å²) in [6, 6.07) is 13.9. The molecule has 0 saturated carbocycles. The summed E-state index contributed by atoms with van der Waals surface area (Å²) in [7, 11) is 0. The zero-order chi connectivity index (χ0) is 22.3. The van der Waals surface area contributed by atoms with Gasteiger partial charge in [-0.15, -0.1) is 0 Å². The van der Waals surface area contributed by atoms with Gasteiger partial charge in [0, 0.05) is 26.2 Å². The lowest BCUT2D eigenvalue weighted by molar-refractivity contribution is -0.119. The normalized spacial score (nSPS) is 14.6. The first kappa shape index (κ1) is 22.7. The Bertz CT molecular complexity index is 1030. The minimum atomic E-state index is 0.0522. The summed E-state index contributed by atoms with van der Waals surface area (Å²) in [5, 5.41) is 0.778. The summed E-state index contributed by atoms with van der Waals surface area (Å²) in [5.41, 5.74) is 3.39. The van der Waals surface area contributed by atoms with Crippen LogP contribution >= 0.6 is 11.3 Å². The van der Waals surface area contributed by atoms with E-state index in [0.29, 0.717) is 19.6 Å². The van der Waals surface area contributed by atoms with Gasteiger partial charge in [0.2, 0.25) is 5.91 Å². The Morgan fingerprint density at radius 3 is 2.72 bits per heavy atom. The average Bonchev–Trinajstić information content (AvgIpc) is 3.25. The third-order valence-electron chi connectivity index (χ3n) is 5.89. The molecule has 0 unspecified atom stereocenters. The lowest BCUT2D eigenvalue weighted by Gasteiger charge is -2.27. The highest BCUT2D eigenvalue weighted by atomic mass is 32.1. The molecule has 0 N–H and O–H groups in total. The molecule has 0 spiro atoms. The largest absolute Gasteiger partial charge is 0.493 e. The summed E-state index contributed by atoms with van der Waals surface area (Å²) < 4.78 is 12.3. The Balaban J connectivity index is 1.45. The Morgan fingerprint density at radius 2 is 1.94 bits per heavy atom. The Hall–Kier alpha value is -2.48. The third-order valence-corrected chi connectivity index (χ3v) is 6.94. The first-order valence-electron chi connectivity index (χ1n) is 11.3. The van der Waals surface area contributed by atoms with Crippen LogP contribution < -0.4 is 9.64 Å². The van der Waals surface area contributed by atoms with E-state index >= 15 is 0 Å². The minimum Gasteiger partial charge on any atom is -0.493 e. The molecular weight excluding hydrogens is 422 g/mol. The van der Waals surface area contributed by atoms with Crippen molar-refractivity contribution in [1.82, 2.24) is 9.88 Å². The van der Waals surface area contributed by atoms with Gasteiger partial charge in [-0.25, -0.2) is 4.98 Å². The van der Waals surface area contributed by atoms with Gasteiger partial charge in [-0.2, -0.15) is 0 Å². The van der Waals surface area contributed by atoms with Gasteiger partial charge in [-0.05, 0) is 49.6 Å². The summed E-state index contributed by atoms with van der Waals surface area (Å²) in [4.78, 5) is 22.4. The standard InChI is InChI=1S/C25H31N3O3S/c1-19-9-10-22-24(20(19)2)26-25(32-22)28(13-6-12-27-14-17-30-18-15-27)23(29)11-16-31-21-7-4-3-5-8-21/h3-5,7-10H,6,11-18H2,1-2H3. The molecule has 6 nitrogen and oxygen atoms in total. The van der Waals surface area contributed by atoms with Crippen molar-refractivity contribution in [3.63, 3.8) is 0 Å². The topological polar surface area (TPSA) is 54.9 Å². The fourth-order valence-electron chi connectivity index (χ4n) is 3.84. The van der Waals surface area contributed by atoms with E-state index in [1.165, 1.54) is 11.1 Å². The van der Waals surface area contributed by atoms with Crippen LogP contribution in [0.25, 0.3) is 10.2 Å². The van der Waals surface area contributed by atoms with Crippen LogP contribution in [0.2, 0.25) is 0 Å². The van der Waals surface area contributed by atoms with E-state index in [1.807, 2.05) is 35.2 Å². The molecule has 7 heteroatoms. The van der Waals surface area contributed by atoms with E-state index in [2.05, 4.69) is 30.9 Å². The molecule has 1 aliphatic rings. The van der Waals surface area contributed by atoms with Crippen molar-refractivity contribution in [3.8, 4) is 5.75 Å². The highest BCUT2D eigenvalue weighted by Gasteiger charge is 2.21. The number of aryl methyl sites for hydroxylation is 2. The highest BCUT2D eigenvalue weighted by Crippen LogP contribution is 2.32. The molecule has 0 radical (unpaired) electrons. The zero-order valence-electron chi connectivity index (χ0n) is 18.9. The van der Waals surface area contributed by atoms with Gasteiger partial charge in [0.25, 0.3) is 0 Å². The number of carbonyl (C=O) groups excluding carboxylic acids is 1. The van der Waals surface area contributed by atoms with E-state index in [9.17, 15) is 4.79 Å². The van der Waals surface area contributed by atoms with E-state index < -0.39 is 0 Å². The molecule has 4 rings (SSSR count). The van der Waals surface area contributed by atoms with Crippen LogP contribution in [-0.4, -0.2) is 61.8 Å². The molecule has 1 amide bonds. The smallest absolute Gasteiger partial charge is 0.232 e. The molecule has 0 aliphatic carbocycles. The van der Waals surface area contributed by atoms with Crippen molar-refractivity contribution < 1.29 is 14.3 Å². The van der Waals surface area contributed by atoms with Crippen LogP contribution in [0, 0.1) is 13.8 Å². The molecule has 1 aromatic heterocycles. The second-order valence-electron chi connectivity index (χ2n) is 8.12. The summed E-state index contributed by atoms with van der Waals surface area (Å²) in [6.45, 7) is 9.64. The molecule has 1 fully saturated rings. The van der Waals surface area contributed by atoms with Gasteiger partial charge in [0.1, 0.15) is 5.75 Å². The van der Waals surface area contributed by atoms with Gasteiger partial charge in [-0.3, -0.25) is 14.6 Å². The second-order valence-corrected chi connectivity index (χ2v) is 9.12. The summed E-state index contributed by atoms with van der Waals surface area (Å²) >= 11 is 1.59. The van der Waals surface area contributed by atoms with Crippen LogP contribution in [0.3, 0.4) is 0 Å². The number of fused-ring (bicyclic) bond motifs is 1. The van der Waals surface area contributed by atoms with Crippen molar-refractivity contribution in [3.05, 3.63) is 53.6 Å². The van der Waals surface area contributed by atoms with Crippen molar-refractivity contribution in [1.29, 1.82) is 0 Å². The van der Waals surface area contributed by atoms with Gasteiger partial charge in [0.15, 0.2) is 5.13 Å². The molecule has 2 heterocycles. The molecule has 2 aromatic carbocycles. The Labute approximate surface area is 193 Å². The average molecular weight is 454 g/mol. The first-order valence-corrected chi connectivity index (χ1v) is 12.1. The number of benzene rings is 2. The van der Waals surface area contributed by atoms with Crippen LogP contribution in [0.5, 0.6) is 5.75 Å². The van der Waals surface area contributed by atoms with E-state index in [0.717, 1.165) is 60.4 Å². The molecular formula is C25H31N3O3S. The van der Waals surface area contributed by atoms with E-state index in [4.69, 9.17) is 14.5 Å². The molecule has 3 aromatic rings. The number of morpholine rings is 1. The molecule has 170 valence electrons. The number of aromatic nitrogens is 1. The maximum Gasteiger partial charge on any atom is 0.232 e. The second kappa shape index (κ2) is 10.9. The number of nitrogens with zero attached hydrogens (tertiary/aromatic N) is 3. The lowest BCUT2D eigenvalue weighted by atomic mass is 10.1. The predicted octanol–water partition coefficient (Wildman–Crippen LogP) is 4.44. The van der Waals surface area contributed by atoms with Crippen LogP contribution in [0.4, 0.5) is 5.13 Å². The van der Waals surface area contributed by atoms with Gasteiger partial charge in [0.05, 0.1) is 36.5 Å². The SMILES string of the molecule is Cc1ccc2sc(N(CCCN3CCOCC3)C(=O)CCOc3ccccc3)nc2c1C. The number of hydrogen-bond donors (Lipinski definition) is 0. The molecule has 1 aliphatic heterocycles. The number of carbonyl (C=O) groups is 1. The Morgan fingerprint density at radius 1 is 1.16 bits per heavy atom. The van der Waals surface area contributed by atoms with Crippen LogP contribution in [0.15, 0.2) is 42.5 Å². The number of ether oxygens (including phenoxy) is 2. The highest BCUT2D eigenvalue weighted by molar-refractivity contribution is 7.22. The number of anilines is 1. The fourth-order valence-corrected chi connectivity index (χ4v) is 4.91. The summed E-state index contributed by atoms with van der Waals surface area (Å²) in [5.74, 6) is 0.835. The maximum absolute atomic E-state index is 13.2. The number of hydrogen-bond acceptors (Lipinski definition) is 6. The number of para-hydroxylation sites is 1. The lowest BCUT2D eigenvalue weighted by Crippen LogP contribution is -2.39. The van der Waals surface area contributed by atoms with Gasteiger partial charge < -0.3 is 9.47 Å². The van der Waals surface area contributed by atoms with Gasteiger partial charge >= 0.3 is 0 Å². The molecule has 0 bridgehead atoms. The maximum atomic E-state index is 13.2. The number of rotatable bonds is 9. The number of thiazole rings is 1. The third kappa shape index (κ3) is 5.65.